The normalized spacial score (nSPS) is 14.8. The van der Waals surface area contributed by atoms with Crippen molar-refractivity contribution in [2.24, 2.45) is 0 Å². The Bertz CT molecular complexity index is 2680. The predicted molar refractivity (Wildman–Crippen MR) is 226 cm³/mol. The van der Waals surface area contributed by atoms with Crippen LogP contribution in [0, 0.1) is 0 Å². The van der Waals surface area contributed by atoms with E-state index < -0.39 is 0 Å². The molecule has 0 fully saturated rings. The van der Waals surface area contributed by atoms with Gasteiger partial charge in [0.15, 0.2) is 17.5 Å². The summed E-state index contributed by atoms with van der Waals surface area (Å²) in [6.07, 6.45) is 0. The summed E-state index contributed by atoms with van der Waals surface area (Å²) >= 11 is 0. The summed E-state index contributed by atoms with van der Waals surface area (Å²) < 4.78 is 6.98. The summed E-state index contributed by atoms with van der Waals surface area (Å²) in [7, 11) is 0. The van der Waals surface area contributed by atoms with Crippen LogP contribution >= 0.6 is 0 Å². The number of benzene rings is 7. The lowest BCUT2D eigenvalue weighted by atomic mass is 9.63. The smallest absolute Gasteiger partial charge is 0.164 e. The molecule has 1 aromatic heterocycles. The molecular formula is C52H41N3O. The van der Waals surface area contributed by atoms with Crippen LogP contribution < -0.4 is 4.74 Å². The minimum Gasteiger partial charge on any atom is -0.457 e. The fraction of sp³-hybridized carbons (Fsp3) is 0.135. The third-order valence-electron chi connectivity index (χ3n) is 12.0. The van der Waals surface area contributed by atoms with E-state index >= 15 is 0 Å². The zero-order chi connectivity index (χ0) is 38.0. The van der Waals surface area contributed by atoms with Gasteiger partial charge in [0.25, 0.3) is 0 Å². The molecule has 0 spiro atoms. The number of nitrogens with zero attached hydrogens (tertiary/aromatic N) is 3. The van der Waals surface area contributed by atoms with Crippen molar-refractivity contribution >= 4 is 0 Å². The molecule has 1 aliphatic heterocycles. The molecule has 2 heterocycles. The summed E-state index contributed by atoms with van der Waals surface area (Å²) in [5.41, 5.74) is 13.6. The second-order valence-corrected chi connectivity index (χ2v) is 16.0. The van der Waals surface area contributed by atoms with Crippen LogP contribution in [-0.2, 0) is 10.8 Å². The molecule has 270 valence electrons. The zero-order valence-electron chi connectivity index (χ0n) is 32.0. The summed E-state index contributed by atoms with van der Waals surface area (Å²) in [5, 5.41) is 0. The Hall–Kier alpha value is -6.65. The fourth-order valence-corrected chi connectivity index (χ4v) is 9.04. The number of hydrogen-bond acceptors (Lipinski definition) is 4. The number of ether oxygens (including phenoxy) is 1. The summed E-state index contributed by atoms with van der Waals surface area (Å²) in [6.45, 7) is 9.29. The lowest BCUT2D eigenvalue weighted by Crippen LogP contribution is -2.30. The maximum Gasteiger partial charge on any atom is 0.164 e. The van der Waals surface area contributed by atoms with Crippen molar-refractivity contribution in [3.63, 3.8) is 0 Å². The first kappa shape index (κ1) is 33.9. The number of hydrogen-bond donors (Lipinski definition) is 0. The lowest BCUT2D eigenvalue weighted by Gasteiger charge is -2.40. The van der Waals surface area contributed by atoms with E-state index in [1.807, 2.05) is 66.7 Å². The minimum atomic E-state index is -0.271. The maximum atomic E-state index is 6.98. The summed E-state index contributed by atoms with van der Waals surface area (Å²) in [6, 6.07) is 60.0. The van der Waals surface area contributed by atoms with Crippen molar-refractivity contribution < 1.29 is 4.74 Å². The van der Waals surface area contributed by atoms with Gasteiger partial charge in [0.05, 0.1) is 0 Å². The van der Waals surface area contributed by atoms with Gasteiger partial charge in [-0.15, -0.1) is 0 Å². The van der Waals surface area contributed by atoms with E-state index in [2.05, 4.69) is 131 Å². The van der Waals surface area contributed by atoms with Crippen LogP contribution in [0.1, 0.15) is 72.6 Å². The molecule has 2 aliphatic rings. The van der Waals surface area contributed by atoms with Gasteiger partial charge in [-0.05, 0) is 51.1 Å². The lowest BCUT2D eigenvalue weighted by molar-refractivity contribution is 0.417. The molecule has 7 aromatic carbocycles. The molecular weight excluding hydrogens is 683 g/mol. The van der Waals surface area contributed by atoms with Crippen LogP contribution in [0.4, 0.5) is 0 Å². The van der Waals surface area contributed by atoms with Gasteiger partial charge < -0.3 is 4.74 Å². The van der Waals surface area contributed by atoms with Gasteiger partial charge in [0, 0.05) is 44.6 Å². The Kier molecular flexibility index (Phi) is 7.86. The van der Waals surface area contributed by atoms with Crippen molar-refractivity contribution in [1.82, 2.24) is 15.0 Å². The molecule has 8 aromatic rings. The van der Waals surface area contributed by atoms with Crippen molar-refractivity contribution in [2.45, 2.75) is 44.4 Å². The Morgan fingerprint density at radius 3 is 1.46 bits per heavy atom. The first-order valence-corrected chi connectivity index (χ1v) is 19.4. The van der Waals surface area contributed by atoms with Gasteiger partial charge in [-0.2, -0.15) is 0 Å². The molecule has 0 saturated carbocycles. The van der Waals surface area contributed by atoms with Gasteiger partial charge in [-0.1, -0.05) is 185 Å². The maximum absolute atomic E-state index is 6.98. The zero-order valence-corrected chi connectivity index (χ0v) is 32.0. The highest BCUT2D eigenvalue weighted by Crippen LogP contribution is 2.53. The molecule has 0 radical (unpaired) electrons. The van der Waals surface area contributed by atoms with Gasteiger partial charge >= 0.3 is 0 Å². The third kappa shape index (κ3) is 5.47. The summed E-state index contributed by atoms with van der Waals surface area (Å²) in [5.74, 6) is 3.77. The molecule has 0 bridgehead atoms. The highest BCUT2D eigenvalue weighted by atomic mass is 16.5. The molecule has 56 heavy (non-hydrogen) atoms. The Morgan fingerprint density at radius 2 is 0.857 bits per heavy atom. The minimum absolute atomic E-state index is 0.0877. The average Bonchev–Trinajstić information content (AvgIpc) is 3.24. The Labute approximate surface area is 328 Å². The highest BCUT2D eigenvalue weighted by molar-refractivity contribution is 5.83. The molecule has 4 heteroatoms. The predicted octanol–water partition coefficient (Wildman–Crippen LogP) is 12.8. The fourth-order valence-electron chi connectivity index (χ4n) is 9.04. The van der Waals surface area contributed by atoms with E-state index in [4.69, 9.17) is 19.7 Å². The average molecular weight is 724 g/mol. The SMILES string of the molecule is CC1(C)c2ccc(-c3ccccc3-c3nc(-c4ccccc4)nc(-c4ccccc4)n3)cc2Oc2cc(C3c4ccccc4C(C)(C)c4ccccc43)ccc21. The number of rotatable bonds is 5. The first-order chi connectivity index (χ1) is 27.3. The van der Waals surface area contributed by atoms with Gasteiger partial charge in [0.1, 0.15) is 11.5 Å². The molecule has 10 rings (SSSR count). The molecule has 0 amide bonds. The van der Waals surface area contributed by atoms with Crippen LogP contribution in [0.15, 0.2) is 170 Å². The molecule has 0 unspecified atom stereocenters. The first-order valence-electron chi connectivity index (χ1n) is 19.4. The summed E-state index contributed by atoms with van der Waals surface area (Å²) in [4.78, 5) is 15.1. The van der Waals surface area contributed by atoms with Crippen LogP contribution in [0.2, 0.25) is 0 Å². The van der Waals surface area contributed by atoms with E-state index in [0.717, 1.165) is 44.9 Å². The van der Waals surface area contributed by atoms with Gasteiger partial charge in [0.2, 0.25) is 0 Å². The molecule has 4 nitrogen and oxygen atoms in total. The van der Waals surface area contributed by atoms with E-state index in [9.17, 15) is 0 Å². The number of fused-ring (bicyclic) bond motifs is 4. The monoisotopic (exact) mass is 723 g/mol. The van der Waals surface area contributed by atoms with E-state index in [1.165, 1.54) is 33.4 Å². The van der Waals surface area contributed by atoms with E-state index in [1.54, 1.807) is 0 Å². The van der Waals surface area contributed by atoms with Crippen LogP contribution in [0.25, 0.3) is 45.3 Å². The molecule has 0 N–H and O–H groups in total. The van der Waals surface area contributed by atoms with Crippen molar-refractivity contribution in [3.05, 3.63) is 209 Å². The molecule has 1 aliphatic carbocycles. The Balaban J connectivity index is 1.07. The topological polar surface area (TPSA) is 47.9 Å². The molecule has 0 saturated heterocycles. The largest absolute Gasteiger partial charge is 0.457 e. The quantitative estimate of drug-likeness (QED) is 0.177. The van der Waals surface area contributed by atoms with E-state index in [0.29, 0.717) is 17.5 Å². The van der Waals surface area contributed by atoms with Crippen LogP contribution in [0.5, 0.6) is 11.5 Å². The van der Waals surface area contributed by atoms with Crippen molar-refractivity contribution in [3.8, 4) is 56.8 Å². The van der Waals surface area contributed by atoms with Crippen LogP contribution in [0.3, 0.4) is 0 Å². The number of aromatic nitrogens is 3. The third-order valence-corrected chi connectivity index (χ3v) is 12.0. The van der Waals surface area contributed by atoms with Gasteiger partial charge in [-0.25, -0.2) is 15.0 Å². The Morgan fingerprint density at radius 1 is 0.393 bits per heavy atom. The highest BCUT2D eigenvalue weighted by Gasteiger charge is 2.39. The van der Waals surface area contributed by atoms with Gasteiger partial charge in [-0.3, -0.25) is 0 Å². The second kappa shape index (κ2) is 13.0. The standard InChI is InChI=1S/C52H41N3O/c1-51(2)41-25-15-13-23-39(41)47(40-24-14-16-26-42(40)51)36-28-30-44-46(32-36)56-45-31-35(27-29-43(45)52(44,3)4)37-21-11-12-22-38(37)50-54-48(33-17-7-5-8-18-33)53-49(55-50)34-19-9-6-10-20-34/h5-32,47H,1-4H3. The molecule has 0 atom stereocenters. The van der Waals surface area contributed by atoms with Crippen molar-refractivity contribution in [2.75, 3.05) is 0 Å². The van der Waals surface area contributed by atoms with E-state index in [-0.39, 0.29) is 16.7 Å². The van der Waals surface area contributed by atoms with Crippen molar-refractivity contribution in [1.29, 1.82) is 0 Å². The second-order valence-electron chi connectivity index (χ2n) is 16.0. The van der Waals surface area contributed by atoms with Crippen LogP contribution in [-0.4, -0.2) is 15.0 Å².